The van der Waals surface area contributed by atoms with Crippen molar-refractivity contribution in [2.24, 2.45) is 11.7 Å². The maximum atomic E-state index is 13.3. The number of carbonyl (C=O) groups excluding carboxylic acids is 3. The molecule has 2 bridgehead atoms. The van der Waals surface area contributed by atoms with Crippen LogP contribution in [-0.4, -0.2) is 94.7 Å². The van der Waals surface area contributed by atoms with E-state index in [-0.39, 0.29) is 47.9 Å². The third-order valence-corrected chi connectivity index (χ3v) is 8.03. The number of nitrogens with two attached hydrogens (primary N) is 1. The van der Waals surface area contributed by atoms with Crippen molar-refractivity contribution >= 4 is 17.7 Å². The van der Waals surface area contributed by atoms with E-state index < -0.39 is 6.04 Å². The van der Waals surface area contributed by atoms with Gasteiger partial charge in [-0.05, 0) is 49.8 Å². The largest absolute Gasteiger partial charge is 0.345 e. The van der Waals surface area contributed by atoms with Gasteiger partial charge in [-0.3, -0.25) is 19.3 Å². The Bertz CT molecular complexity index is 1050. The number of rotatable bonds is 6. The second kappa shape index (κ2) is 8.36. The Balaban J connectivity index is 1.21. The highest BCUT2D eigenvalue weighted by atomic mass is 16.2. The first-order chi connectivity index (χ1) is 16.2. The Hall–Kier alpha value is -2.96. The minimum Gasteiger partial charge on any atom is -0.345 e. The van der Waals surface area contributed by atoms with Gasteiger partial charge in [0.25, 0.3) is 5.91 Å². The number of amides is 3. The summed E-state index contributed by atoms with van der Waals surface area (Å²) in [6, 6.07) is 8.48. The van der Waals surface area contributed by atoms with Crippen LogP contribution < -0.4 is 5.73 Å². The minimum atomic E-state index is -0.727. The quantitative estimate of drug-likeness (QED) is 0.659. The number of benzene rings is 1. The molecule has 180 valence electrons. The highest BCUT2D eigenvalue weighted by Crippen LogP contribution is 2.48. The van der Waals surface area contributed by atoms with Gasteiger partial charge in [0.1, 0.15) is 6.04 Å². The van der Waals surface area contributed by atoms with Gasteiger partial charge in [0.05, 0.1) is 24.2 Å². The van der Waals surface area contributed by atoms with Crippen molar-refractivity contribution in [1.29, 1.82) is 5.26 Å². The van der Waals surface area contributed by atoms with Gasteiger partial charge >= 0.3 is 0 Å². The summed E-state index contributed by atoms with van der Waals surface area (Å²) < 4.78 is 0. The molecule has 1 aromatic carbocycles. The van der Waals surface area contributed by atoms with Gasteiger partial charge in [-0.15, -0.1) is 0 Å². The van der Waals surface area contributed by atoms with Crippen molar-refractivity contribution in [3.63, 3.8) is 0 Å². The predicted octanol–water partition coefficient (Wildman–Crippen LogP) is 0.575. The van der Waals surface area contributed by atoms with Crippen molar-refractivity contribution in [3.05, 3.63) is 35.4 Å². The topological polar surface area (TPSA) is 114 Å². The summed E-state index contributed by atoms with van der Waals surface area (Å²) in [6.45, 7) is 3.04. The first-order valence-electron chi connectivity index (χ1n) is 12.1. The van der Waals surface area contributed by atoms with E-state index in [1.807, 2.05) is 28.9 Å². The fraction of sp³-hybridized carbons (Fsp3) is 0.600. The van der Waals surface area contributed by atoms with Crippen molar-refractivity contribution < 1.29 is 14.4 Å². The molecule has 0 aromatic heterocycles. The highest BCUT2D eigenvalue weighted by molar-refractivity contribution is 5.94. The molecule has 3 heterocycles. The van der Waals surface area contributed by atoms with E-state index in [1.54, 1.807) is 36.0 Å². The lowest BCUT2D eigenvalue weighted by atomic mass is 10.0. The fourth-order valence-corrected chi connectivity index (χ4v) is 6.13. The second-order valence-corrected chi connectivity index (χ2v) is 10.4. The van der Waals surface area contributed by atoms with Crippen LogP contribution in [0.4, 0.5) is 0 Å². The number of carbonyl (C=O) groups is 3. The van der Waals surface area contributed by atoms with Crippen LogP contribution in [0.5, 0.6) is 0 Å². The van der Waals surface area contributed by atoms with Gasteiger partial charge in [-0.25, -0.2) is 0 Å². The molecule has 9 heteroatoms. The van der Waals surface area contributed by atoms with Gasteiger partial charge in [0.2, 0.25) is 11.8 Å². The molecule has 9 nitrogen and oxygen atoms in total. The van der Waals surface area contributed by atoms with Crippen LogP contribution in [0, 0.1) is 17.2 Å². The zero-order chi connectivity index (χ0) is 24.3. The molecule has 4 aliphatic rings. The van der Waals surface area contributed by atoms with Crippen molar-refractivity contribution in [2.75, 3.05) is 27.2 Å². The summed E-state index contributed by atoms with van der Waals surface area (Å²) in [5.74, 6) is 0.305. The normalized spacial score (nSPS) is 31.3. The monoisotopic (exact) mass is 464 g/mol. The maximum absolute atomic E-state index is 13.3. The predicted molar refractivity (Wildman–Crippen MR) is 124 cm³/mol. The Morgan fingerprint density at radius 2 is 1.91 bits per heavy atom. The summed E-state index contributed by atoms with van der Waals surface area (Å²) in [7, 11) is 3.44. The van der Waals surface area contributed by atoms with Crippen LogP contribution in [-0.2, 0) is 9.59 Å². The van der Waals surface area contributed by atoms with Gasteiger partial charge < -0.3 is 20.4 Å². The minimum absolute atomic E-state index is 0.0516. The number of nitriles is 1. The third-order valence-electron chi connectivity index (χ3n) is 8.03. The Morgan fingerprint density at radius 1 is 1.21 bits per heavy atom. The Labute approximate surface area is 200 Å². The number of hydrogen-bond acceptors (Lipinski definition) is 6. The van der Waals surface area contributed by atoms with Crippen LogP contribution >= 0.6 is 0 Å². The molecule has 2 N–H and O–H groups in total. The van der Waals surface area contributed by atoms with Gasteiger partial charge in [-0.2, -0.15) is 5.26 Å². The lowest BCUT2D eigenvalue weighted by molar-refractivity contribution is -0.141. The standard InChI is InChI=1S/C25H32N6O3/c1-14(15-4-6-16(7-5-15)23(32)28(2)3)30-19-10-22(25(30)34)29(12-19)13-20(27)24(33)31-18(11-26)8-17-9-21(17)31/h4-7,14,17-22H,8-10,12-13,27H2,1-3H3/t14-,17+,18-,19?,20-,21-,22+/m0/s1. The van der Waals surface area contributed by atoms with E-state index in [1.165, 1.54) is 0 Å². The summed E-state index contributed by atoms with van der Waals surface area (Å²) in [4.78, 5) is 45.6. The Kier molecular flexibility index (Phi) is 5.61. The lowest BCUT2D eigenvalue weighted by Crippen LogP contribution is -2.57. The summed E-state index contributed by atoms with van der Waals surface area (Å²) in [6.07, 6.45) is 2.46. The molecule has 3 aliphatic heterocycles. The van der Waals surface area contributed by atoms with Gasteiger partial charge in [-0.1, -0.05) is 12.1 Å². The molecule has 7 atom stereocenters. The molecule has 3 amide bonds. The number of piperidine rings is 1. The average molecular weight is 465 g/mol. The molecule has 1 aromatic rings. The number of nitrogens with zero attached hydrogens (tertiary/aromatic N) is 5. The molecule has 0 spiro atoms. The van der Waals surface area contributed by atoms with E-state index >= 15 is 0 Å². The lowest BCUT2D eigenvalue weighted by Gasteiger charge is -2.38. The van der Waals surface area contributed by atoms with E-state index in [0.29, 0.717) is 24.6 Å². The van der Waals surface area contributed by atoms with Crippen molar-refractivity contribution in [3.8, 4) is 6.07 Å². The van der Waals surface area contributed by atoms with Crippen LogP contribution in [0.3, 0.4) is 0 Å². The summed E-state index contributed by atoms with van der Waals surface area (Å²) >= 11 is 0. The van der Waals surface area contributed by atoms with Crippen LogP contribution in [0.15, 0.2) is 24.3 Å². The molecule has 34 heavy (non-hydrogen) atoms. The third kappa shape index (κ3) is 3.65. The SMILES string of the molecule is C[C@@H](c1ccc(C(=O)N(C)C)cc1)N1C(=O)[C@H]2CC1CN2C[C@H](N)C(=O)N1[C@H](C#N)C[C@@H]2C[C@@H]21. The number of fused-ring (bicyclic) bond motifs is 3. The highest BCUT2D eigenvalue weighted by Gasteiger charge is 2.56. The van der Waals surface area contributed by atoms with E-state index in [2.05, 4.69) is 6.07 Å². The first-order valence-corrected chi connectivity index (χ1v) is 12.1. The first kappa shape index (κ1) is 22.8. The summed E-state index contributed by atoms with van der Waals surface area (Å²) in [5, 5.41) is 9.39. The van der Waals surface area contributed by atoms with E-state index in [4.69, 9.17) is 5.73 Å². The van der Waals surface area contributed by atoms with Crippen molar-refractivity contribution in [1.82, 2.24) is 19.6 Å². The Morgan fingerprint density at radius 3 is 2.53 bits per heavy atom. The smallest absolute Gasteiger partial charge is 0.253 e. The average Bonchev–Trinajstić information content (AvgIpc) is 3.15. The second-order valence-electron chi connectivity index (χ2n) is 10.4. The number of likely N-dealkylation sites (tertiary alicyclic amines) is 3. The molecule has 1 unspecified atom stereocenters. The van der Waals surface area contributed by atoms with E-state index in [0.717, 1.165) is 24.8 Å². The van der Waals surface area contributed by atoms with Crippen LogP contribution in [0.25, 0.3) is 0 Å². The molecule has 4 fully saturated rings. The van der Waals surface area contributed by atoms with Gasteiger partial charge in [0.15, 0.2) is 0 Å². The van der Waals surface area contributed by atoms with Crippen LogP contribution in [0.1, 0.15) is 48.1 Å². The number of piperazine rings is 1. The summed E-state index contributed by atoms with van der Waals surface area (Å²) in [5.41, 5.74) is 7.91. The molecule has 1 aliphatic carbocycles. The molecular weight excluding hydrogens is 432 g/mol. The zero-order valence-corrected chi connectivity index (χ0v) is 19.9. The van der Waals surface area contributed by atoms with Gasteiger partial charge in [0, 0.05) is 44.8 Å². The number of hydrogen-bond donors (Lipinski definition) is 1. The van der Waals surface area contributed by atoms with Crippen LogP contribution in [0.2, 0.25) is 0 Å². The molecule has 0 radical (unpaired) electrons. The maximum Gasteiger partial charge on any atom is 0.253 e. The van der Waals surface area contributed by atoms with Crippen molar-refractivity contribution in [2.45, 2.75) is 62.4 Å². The molecule has 3 saturated heterocycles. The molecular formula is C25H32N6O3. The molecule has 5 rings (SSSR count). The van der Waals surface area contributed by atoms with E-state index in [9.17, 15) is 19.6 Å². The molecule has 1 saturated carbocycles. The fourth-order valence-electron chi connectivity index (χ4n) is 6.13. The zero-order valence-electron chi connectivity index (χ0n) is 19.9.